The van der Waals surface area contributed by atoms with Crippen molar-refractivity contribution in [3.05, 3.63) is 100 Å². The third kappa shape index (κ3) is 5.87. The summed E-state index contributed by atoms with van der Waals surface area (Å²) < 4.78 is 0. The van der Waals surface area contributed by atoms with Gasteiger partial charge in [0.15, 0.2) is 0 Å². The smallest absolute Gasteiger partial charge is 0.269 e. The molecule has 29 heavy (non-hydrogen) atoms. The van der Waals surface area contributed by atoms with E-state index in [1.165, 1.54) is 12.1 Å². The van der Waals surface area contributed by atoms with Crippen LogP contribution < -0.4 is 10.6 Å². The molecular formula is C22H22N4O3. The zero-order valence-corrected chi connectivity index (χ0v) is 15.8. The SMILES string of the molecule is O=C(CCCNc1ccc([N+](=O)[O-])cc1)NC(c1ccccc1)c1ccccn1. The maximum atomic E-state index is 12.5. The molecule has 0 radical (unpaired) electrons. The first-order valence-corrected chi connectivity index (χ1v) is 9.37. The number of anilines is 1. The molecule has 1 unspecified atom stereocenters. The van der Waals surface area contributed by atoms with Crippen LogP contribution in [0.2, 0.25) is 0 Å². The second-order valence-electron chi connectivity index (χ2n) is 6.50. The number of carbonyl (C=O) groups excluding carboxylic acids is 1. The number of carbonyl (C=O) groups is 1. The minimum Gasteiger partial charge on any atom is -0.385 e. The predicted molar refractivity (Wildman–Crippen MR) is 111 cm³/mol. The summed E-state index contributed by atoms with van der Waals surface area (Å²) in [5.41, 5.74) is 2.60. The second kappa shape index (κ2) is 9.98. The van der Waals surface area contributed by atoms with E-state index in [1.54, 1.807) is 18.3 Å². The molecule has 0 aliphatic carbocycles. The molecule has 0 fully saturated rings. The van der Waals surface area contributed by atoms with Crippen molar-refractivity contribution in [1.29, 1.82) is 0 Å². The summed E-state index contributed by atoms with van der Waals surface area (Å²) in [6.07, 6.45) is 2.70. The van der Waals surface area contributed by atoms with Crippen molar-refractivity contribution in [2.45, 2.75) is 18.9 Å². The lowest BCUT2D eigenvalue weighted by atomic mass is 10.0. The number of amides is 1. The number of nitrogens with one attached hydrogen (secondary N) is 2. The maximum Gasteiger partial charge on any atom is 0.269 e. The average molecular weight is 390 g/mol. The van der Waals surface area contributed by atoms with E-state index < -0.39 is 4.92 Å². The number of benzene rings is 2. The molecule has 7 heteroatoms. The topological polar surface area (TPSA) is 97.2 Å². The first kappa shape index (κ1) is 20.0. The third-order valence-corrected chi connectivity index (χ3v) is 4.41. The summed E-state index contributed by atoms with van der Waals surface area (Å²) >= 11 is 0. The van der Waals surface area contributed by atoms with E-state index in [2.05, 4.69) is 15.6 Å². The van der Waals surface area contributed by atoms with Gasteiger partial charge in [-0.2, -0.15) is 0 Å². The molecule has 3 rings (SSSR count). The third-order valence-electron chi connectivity index (χ3n) is 4.41. The largest absolute Gasteiger partial charge is 0.385 e. The van der Waals surface area contributed by atoms with Gasteiger partial charge in [-0.05, 0) is 36.2 Å². The molecule has 2 aromatic carbocycles. The Hall–Kier alpha value is -3.74. The molecule has 0 aliphatic rings. The number of pyridine rings is 1. The number of nitro benzene ring substituents is 1. The Morgan fingerprint density at radius 2 is 1.72 bits per heavy atom. The van der Waals surface area contributed by atoms with Crippen LogP contribution in [0.15, 0.2) is 79.0 Å². The van der Waals surface area contributed by atoms with Crippen molar-refractivity contribution < 1.29 is 9.72 Å². The van der Waals surface area contributed by atoms with Crippen LogP contribution in [0.1, 0.15) is 30.1 Å². The van der Waals surface area contributed by atoms with Crippen LogP contribution in [0.25, 0.3) is 0 Å². The molecular weight excluding hydrogens is 368 g/mol. The van der Waals surface area contributed by atoms with E-state index in [-0.39, 0.29) is 17.6 Å². The standard InChI is InChI=1S/C22H22N4O3/c27-21(10-6-16-23-18-11-13-19(14-12-18)26(28)29)25-22(17-7-2-1-3-8-17)20-9-4-5-15-24-20/h1-5,7-9,11-15,22-23H,6,10,16H2,(H,25,27). The molecule has 1 aromatic heterocycles. The van der Waals surface area contributed by atoms with E-state index >= 15 is 0 Å². The predicted octanol–water partition coefficient (Wildman–Crippen LogP) is 4.09. The number of rotatable bonds is 9. The highest BCUT2D eigenvalue weighted by atomic mass is 16.6. The van der Waals surface area contributed by atoms with Crippen LogP contribution in [0, 0.1) is 10.1 Å². The van der Waals surface area contributed by atoms with Gasteiger partial charge >= 0.3 is 0 Å². The molecule has 0 saturated heterocycles. The molecule has 1 atom stereocenters. The Bertz CT molecular complexity index is 892. The Morgan fingerprint density at radius 1 is 1.00 bits per heavy atom. The number of hydrogen-bond donors (Lipinski definition) is 2. The molecule has 1 amide bonds. The zero-order chi connectivity index (χ0) is 20.5. The van der Waals surface area contributed by atoms with Gasteiger partial charge in [0.05, 0.1) is 16.7 Å². The maximum absolute atomic E-state index is 12.5. The van der Waals surface area contributed by atoms with E-state index in [0.717, 1.165) is 16.9 Å². The fraction of sp³-hybridized carbons (Fsp3) is 0.182. The van der Waals surface area contributed by atoms with E-state index in [0.29, 0.717) is 19.4 Å². The number of hydrogen-bond acceptors (Lipinski definition) is 5. The number of nitro groups is 1. The average Bonchev–Trinajstić information content (AvgIpc) is 2.76. The minimum atomic E-state index is -0.432. The van der Waals surface area contributed by atoms with Gasteiger partial charge in [0.2, 0.25) is 5.91 Å². The first-order chi connectivity index (χ1) is 14.1. The van der Waals surface area contributed by atoms with Crippen LogP contribution in [0.3, 0.4) is 0 Å². The van der Waals surface area contributed by atoms with Gasteiger partial charge in [-0.15, -0.1) is 0 Å². The zero-order valence-electron chi connectivity index (χ0n) is 15.8. The normalized spacial score (nSPS) is 11.4. The highest BCUT2D eigenvalue weighted by Gasteiger charge is 2.17. The van der Waals surface area contributed by atoms with Gasteiger partial charge in [-0.25, -0.2) is 0 Å². The molecule has 3 aromatic rings. The Morgan fingerprint density at radius 3 is 2.38 bits per heavy atom. The number of nitrogens with zero attached hydrogens (tertiary/aromatic N) is 2. The summed E-state index contributed by atoms with van der Waals surface area (Å²) in [5, 5.41) is 16.9. The lowest BCUT2D eigenvalue weighted by Gasteiger charge is -2.19. The molecule has 2 N–H and O–H groups in total. The van der Waals surface area contributed by atoms with Crippen LogP contribution in [-0.2, 0) is 4.79 Å². The lowest BCUT2D eigenvalue weighted by Crippen LogP contribution is -2.30. The van der Waals surface area contributed by atoms with E-state index in [4.69, 9.17) is 0 Å². The monoisotopic (exact) mass is 390 g/mol. The Labute approximate surface area is 169 Å². The summed E-state index contributed by atoms with van der Waals surface area (Å²) in [6.45, 7) is 0.588. The molecule has 0 saturated carbocycles. The van der Waals surface area contributed by atoms with Crippen molar-refractivity contribution >= 4 is 17.3 Å². The van der Waals surface area contributed by atoms with Crippen molar-refractivity contribution in [3.8, 4) is 0 Å². The van der Waals surface area contributed by atoms with Crippen LogP contribution >= 0.6 is 0 Å². The fourth-order valence-corrected chi connectivity index (χ4v) is 2.94. The van der Waals surface area contributed by atoms with Gasteiger partial charge in [0, 0.05) is 37.0 Å². The highest BCUT2D eigenvalue weighted by molar-refractivity contribution is 5.77. The molecule has 1 heterocycles. The summed E-state index contributed by atoms with van der Waals surface area (Å²) in [6, 6.07) is 21.3. The fourth-order valence-electron chi connectivity index (χ4n) is 2.94. The number of non-ortho nitro benzene ring substituents is 1. The molecule has 148 valence electrons. The summed E-state index contributed by atoms with van der Waals surface area (Å²) in [4.78, 5) is 27.1. The Kier molecular flexibility index (Phi) is 6.89. The van der Waals surface area contributed by atoms with Crippen molar-refractivity contribution in [2.75, 3.05) is 11.9 Å². The molecule has 0 spiro atoms. The second-order valence-corrected chi connectivity index (χ2v) is 6.50. The van der Waals surface area contributed by atoms with E-state index in [9.17, 15) is 14.9 Å². The van der Waals surface area contributed by atoms with Crippen molar-refractivity contribution in [1.82, 2.24) is 10.3 Å². The first-order valence-electron chi connectivity index (χ1n) is 9.37. The summed E-state index contributed by atoms with van der Waals surface area (Å²) in [7, 11) is 0. The van der Waals surface area contributed by atoms with Gasteiger partial charge in [-0.1, -0.05) is 36.4 Å². The minimum absolute atomic E-state index is 0.0522. The highest BCUT2D eigenvalue weighted by Crippen LogP contribution is 2.20. The van der Waals surface area contributed by atoms with Crippen LogP contribution in [-0.4, -0.2) is 22.4 Å². The lowest BCUT2D eigenvalue weighted by molar-refractivity contribution is -0.384. The molecule has 7 nitrogen and oxygen atoms in total. The molecule has 0 aliphatic heterocycles. The van der Waals surface area contributed by atoms with Gasteiger partial charge in [0.1, 0.15) is 0 Å². The summed E-state index contributed by atoms with van der Waals surface area (Å²) in [5.74, 6) is -0.0602. The quantitative estimate of drug-likeness (QED) is 0.326. The van der Waals surface area contributed by atoms with Gasteiger partial charge < -0.3 is 10.6 Å². The molecule has 0 bridgehead atoms. The Balaban J connectivity index is 1.52. The van der Waals surface area contributed by atoms with Crippen LogP contribution in [0.5, 0.6) is 0 Å². The van der Waals surface area contributed by atoms with Gasteiger partial charge in [0.25, 0.3) is 5.69 Å². The van der Waals surface area contributed by atoms with E-state index in [1.807, 2.05) is 48.5 Å². The van der Waals surface area contributed by atoms with Crippen molar-refractivity contribution in [2.24, 2.45) is 0 Å². The van der Waals surface area contributed by atoms with Crippen molar-refractivity contribution in [3.63, 3.8) is 0 Å². The van der Waals surface area contributed by atoms with Gasteiger partial charge in [-0.3, -0.25) is 19.9 Å². The number of aromatic nitrogens is 1. The van der Waals surface area contributed by atoms with Crippen LogP contribution in [0.4, 0.5) is 11.4 Å².